The summed E-state index contributed by atoms with van der Waals surface area (Å²) in [5, 5.41) is 0. The maximum absolute atomic E-state index is 11.0. The molecule has 1 aromatic rings. The maximum atomic E-state index is 11.0. The molecule has 5 heteroatoms. The highest BCUT2D eigenvalue weighted by atomic mass is 32.2. The molecule has 0 aliphatic heterocycles. The fraction of sp³-hybridized carbons (Fsp3) is 0.600. The Kier molecular flexibility index (Phi) is 6.02. The van der Waals surface area contributed by atoms with Crippen molar-refractivity contribution in [3.63, 3.8) is 0 Å². The predicted octanol–water partition coefficient (Wildman–Crippen LogP) is 3.11. The third kappa shape index (κ3) is 5.13. The molecular formula is C15H24O4S. The number of methoxy groups -OCH3 is 1. The van der Waals surface area contributed by atoms with Gasteiger partial charge in [-0.1, -0.05) is 19.9 Å². The van der Waals surface area contributed by atoms with Crippen LogP contribution in [0.2, 0.25) is 0 Å². The fourth-order valence-corrected chi connectivity index (χ4v) is 2.72. The van der Waals surface area contributed by atoms with Crippen LogP contribution in [0.3, 0.4) is 0 Å². The monoisotopic (exact) mass is 300 g/mol. The van der Waals surface area contributed by atoms with Crippen LogP contribution in [-0.2, 0) is 14.3 Å². The molecule has 0 saturated carbocycles. The molecule has 1 atom stereocenters. The van der Waals surface area contributed by atoms with Crippen LogP contribution in [0.15, 0.2) is 18.2 Å². The van der Waals surface area contributed by atoms with Crippen LogP contribution in [0.25, 0.3) is 0 Å². The second-order valence-electron chi connectivity index (χ2n) is 5.39. The molecule has 0 fully saturated rings. The van der Waals surface area contributed by atoms with Crippen molar-refractivity contribution in [2.45, 2.75) is 33.1 Å². The molecule has 0 radical (unpaired) electrons. The van der Waals surface area contributed by atoms with E-state index >= 15 is 0 Å². The average molecular weight is 300 g/mol. The van der Waals surface area contributed by atoms with Gasteiger partial charge in [0, 0.05) is 0 Å². The van der Waals surface area contributed by atoms with Gasteiger partial charge in [-0.15, -0.1) is 0 Å². The Bertz CT molecular complexity index is 535. The molecular weight excluding hydrogens is 276 g/mol. The third-order valence-electron chi connectivity index (χ3n) is 3.42. The van der Waals surface area contributed by atoms with Crippen molar-refractivity contribution in [3.05, 3.63) is 29.3 Å². The molecule has 1 aromatic carbocycles. The van der Waals surface area contributed by atoms with Crippen molar-refractivity contribution in [2.75, 3.05) is 20.0 Å². The first-order valence-electron chi connectivity index (χ1n) is 6.73. The molecule has 114 valence electrons. The Balaban J connectivity index is 2.91. The lowest BCUT2D eigenvalue weighted by atomic mass is 9.83. The number of rotatable bonds is 7. The molecule has 4 nitrogen and oxygen atoms in total. The van der Waals surface area contributed by atoms with E-state index in [2.05, 4.69) is 20.8 Å². The minimum Gasteiger partial charge on any atom is -0.497 e. The van der Waals surface area contributed by atoms with Crippen LogP contribution in [0.5, 0.6) is 5.75 Å². The lowest BCUT2D eigenvalue weighted by Gasteiger charge is -2.23. The van der Waals surface area contributed by atoms with Gasteiger partial charge in [0.2, 0.25) is 0 Å². The zero-order valence-electron chi connectivity index (χ0n) is 12.8. The van der Waals surface area contributed by atoms with Gasteiger partial charge in [0.15, 0.2) is 0 Å². The smallest absolute Gasteiger partial charge is 0.264 e. The van der Waals surface area contributed by atoms with Gasteiger partial charge in [0.1, 0.15) is 5.75 Å². The van der Waals surface area contributed by atoms with Crippen LogP contribution < -0.4 is 4.74 Å². The molecule has 0 amide bonds. The number of hydrogen-bond donors (Lipinski definition) is 0. The van der Waals surface area contributed by atoms with Crippen molar-refractivity contribution in [1.82, 2.24) is 0 Å². The van der Waals surface area contributed by atoms with Gasteiger partial charge in [-0.25, -0.2) is 0 Å². The molecule has 1 rings (SSSR count). The lowest BCUT2D eigenvalue weighted by Crippen LogP contribution is -2.13. The van der Waals surface area contributed by atoms with E-state index in [-0.39, 0.29) is 12.5 Å². The lowest BCUT2D eigenvalue weighted by molar-refractivity contribution is 0.287. The van der Waals surface area contributed by atoms with E-state index in [9.17, 15) is 8.42 Å². The molecule has 0 N–H and O–H groups in total. The van der Waals surface area contributed by atoms with Gasteiger partial charge in [-0.2, -0.15) is 8.42 Å². The molecule has 20 heavy (non-hydrogen) atoms. The molecule has 0 bridgehead atoms. The van der Waals surface area contributed by atoms with E-state index in [0.29, 0.717) is 12.3 Å². The Morgan fingerprint density at radius 3 is 2.40 bits per heavy atom. The molecule has 0 aromatic heterocycles. The Hall–Kier alpha value is -1.07. The summed E-state index contributed by atoms with van der Waals surface area (Å²) in [7, 11) is -1.73. The first-order chi connectivity index (χ1) is 9.24. The van der Waals surface area contributed by atoms with E-state index in [4.69, 9.17) is 8.92 Å². The van der Waals surface area contributed by atoms with E-state index in [1.165, 1.54) is 11.1 Å². The SMILES string of the molecule is COc1ccc(C)c([C@@H](CCOS(C)(=O)=O)C(C)C)c1. The summed E-state index contributed by atoms with van der Waals surface area (Å²) in [6, 6.07) is 5.99. The molecule has 0 saturated heterocycles. The van der Waals surface area contributed by atoms with Gasteiger partial charge >= 0.3 is 0 Å². The van der Waals surface area contributed by atoms with Crippen LogP contribution in [0, 0.1) is 12.8 Å². The van der Waals surface area contributed by atoms with Crippen LogP contribution in [0.1, 0.15) is 37.3 Å². The average Bonchev–Trinajstić information content (AvgIpc) is 2.34. The van der Waals surface area contributed by atoms with Crippen LogP contribution in [-0.4, -0.2) is 28.4 Å². The van der Waals surface area contributed by atoms with Crippen molar-refractivity contribution in [2.24, 2.45) is 5.92 Å². The number of hydrogen-bond acceptors (Lipinski definition) is 4. The van der Waals surface area contributed by atoms with Gasteiger partial charge in [0.25, 0.3) is 10.1 Å². The standard InChI is InChI=1S/C15H24O4S/c1-11(2)14(8-9-19-20(5,16)17)15-10-13(18-4)7-6-12(15)3/h6-7,10-11,14H,8-9H2,1-5H3/t14-/m0/s1. The summed E-state index contributed by atoms with van der Waals surface area (Å²) in [6.07, 6.45) is 1.74. The summed E-state index contributed by atoms with van der Waals surface area (Å²) >= 11 is 0. The normalized spacial score (nSPS) is 13.5. The minimum absolute atomic E-state index is 0.207. The van der Waals surface area contributed by atoms with E-state index in [0.717, 1.165) is 12.0 Å². The number of benzene rings is 1. The van der Waals surface area contributed by atoms with Gasteiger partial charge in [0.05, 0.1) is 20.0 Å². The first-order valence-corrected chi connectivity index (χ1v) is 8.55. The minimum atomic E-state index is -3.38. The Morgan fingerprint density at radius 2 is 1.90 bits per heavy atom. The quantitative estimate of drug-likeness (QED) is 0.726. The highest BCUT2D eigenvalue weighted by Crippen LogP contribution is 2.32. The summed E-state index contributed by atoms with van der Waals surface area (Å²) in [4.78, 5) is 0. The molecule has 0 aliphatic carbocycles. The van der Waals surface area contributed by atoms with Gasteiger partial charge < -0.3 is 4.74 Å². The van der Waals surface area contributed by atoms with Crippen molar-refractivity contribution < 1.29 is 17.3 Å². The second-order valence-corrected chi connectivity index (χ2v) is 7.03. The summed E-state index contributed by atoms with van der Waals surface area (Å²) < 4.78 is 32.2. The summed E-state index contributed by atoms with van der Waals surface area (Å²) in [5.41, 5.74) is 2.38. The van der Waals surface area contributed by atoms with Crippen molar-refractivity contribution in [3.8, 4) is 5.75 Å². The summed E-state index contributed by atoms with van der Waals surface area (Å²) in [6.45, 7) is 6.52. The third-order valence-corrected chi connectivity index (χ3v) is 4.01. The van der Waals surface area contributed by atoms with Crippen LogP contribution in [0.4, 0.5) is 0 Å². The first kappa shape index (κ1) is 17.0. The highest BCUT2D eigenvalue weighted by Gasteiger charge is 2.19. The Morgan fingerprint density at radius 1 is 1.25 bits per heavy atom. The van der Waals surface area contributed by atoms with E-state index < -0.39 is 10.1 Å². The largest absolute Gasteiger partial charge is 0.497 e. The Labute approximate surface area is 122 Å². The van der Waals surface area contributed by atoms with Crippen LogP contribution >= 0.6 is 0 Å². The zero-order valence-corrected chi connectivity index (χ0v) is 13.7. The predicted molar refractivity (Wildman–Crippen MR) is 80.7 cm³/mol. The van der Waals surface area contributed by atoms with E-state index in [1.54, 1.807) is 7.11 Å². The fourth-order valence-electron chi connectivity index (χ4n) is 2.32. The zero-order chi connectivity index (χ0) is 15.3. The highest BCUT2D eigenvalue weighted by molar-refractivity contribution is 7.85. The maximum Gasteiger partial charge on any atom is 0.264 e. The van der Waals surface area contributed by atoms with E-state index in [1.807, 2.05) is 18.2 Å². The van der Waals surface area contributed by atoms with Gasteiger partial charge in [-0.05, 0) is 48.4 Å². The number of ether oxygens (including phenoxy) is 1. The number of aryl methyl sites for hydroxylation is 1. The molecule has 0 unspecified atom stereocenters. The van der Waals surface area contributed by atoms with Crippen molar-refractivity contribution in [1.29, 1.82) is 0 Å². The molecule has 0 aliphatic rings. The van der Waals surface area contributed by atoms with Gasteiger partial charge in [-0.3, -0.25) is 4.18 Å². The summed E-state index contributed by atoms with van der Waals surface area (Å²) in [5.74, 6) is 1.45. The molecule has 0 spiro atoms. The second kappa shape index (κ2) is 7.09. The molecule has 0 heterocycles. The topological polar surface area (TPSA) is 52.6 Å². The van der Waals surface area contributed by atoms with Crippen molar-refractivity contribution >= 4 is 10.1 Å².